The molecular weight excluding hydrogens is 224 g/mol. The van der Waals surface area contributed by atoms with E-state index in [2.05, 4.69) is 24.8 Å². The Morgan fingerprint density at radius 3 is 2.56 bits per heavy atom. The maximum absolute atomic E-state index is 5.94. The first-order valence-corrected chi connectivity index (χ1v) is 6.77. The Morgan fingerprint density at radius 2 is 2.06 bits per heavy atom. The van der Waals surface area contributed by atoms with Crippen molar-refractivity contribution in [2.45, 2.75) is 39.8 Å². The zero-order valence-electron chi connectivity index (χ0n) is 12.1. The lowest BCUT2D eigenvalue weighted by molar-refractivity contribution is 0.275. The zero-order chi connectivity index (χ0) is 13.5. The third kappa shape index (κ3) is 4.00. The summed E-state index contributed by atoms with van der Waals surface area (Å²) in [5.74, 6) is 0.953. The monoisotopic (exact) mass is 250 g/mol. The quantitative estimate of drug-likeness (QED) is 0.808. The number of ether oxygens (including phenoxy) is 1. The summed E-state index contributed by atoms with van der Waals surface area (Å²) >= 11 is 0. The van der Waals surface area contributed by atoms with Crippen LogP contribution in [0.25, 0.3) is 0 Å². The highest BCUT2D eigenvalue weighted by Gasteiger charge is 2.10. The summed E-state index contributed by atoms with van der Waals surface area (Å²) in [4.78, 5) is 2.42. The minimum absolute atomic E-state index is 0.0657. The van der Waals surface area contributed by atoms with Crippen molar-refractivity contribution >= 4 is 0 Å². The molecule has 0 aromatic heterocycles. The van der Waals surface area contributed by atoms with Crippen LogP contribution in [0.15, 0.2) is 18.2 Å². The van der Waals surface area contributed by atoms with Gasteiger partial charge in [0.25, 0.3) is 0 Å². The van der Waals surface area contributed by atoms with Crippen molar-refractivity contribution in [3.05, 3.63) is 29.3 Å². The van der Waals surface area contributed by atoms with Gasteiger partial charge in [0.2, 0.25) is 0 Å². The molecule has 0 heterocycles. The standard InChI is InChI=1S/C15H26N2O/c1-5-9-17(6-2)11-14-10-13(12(3)16)7-8-15(14)18-4/h7-8,10,12H,5-6,9,11,16H2,1-4H3. The molecule has 1 atom stereocenters. The van der Waals surface area contributed by atoms with E-state index in [9.17, 15) is 0 Å². The third-order valence-corrected chi connectivity index (χ3v) is 3.21. The van der Waals surface area contributed by atoms with Gasteiger partial charge in [-0.3, -0.25) is 4.90 Å². The Balaban J connectivity index is 2.92. The van der Waals surface area contributed by atoms with Crippen molar-refractivity contribution in [2.24, 2.45) is 5.73 Å². The minimum Gasteiger partial charge on any atom is -0.496 e. The lowest BCUT2D eigenvalue weighted by Gasteiger charge is -2.22. The molecule has 3 nitrogen and oxygen atoms in total. The molecule has 0 saturated heterocycles. The summed E-state index contributed by atoms with van der Waals surface area (Å²) in [5, 5.41) is 0. The number of nitrogens with two attached hydrogens (primary N) is 1. The fourth-order valence-corrected chi connectivity index (χ4v) is 2.11. The normalized spacial score (nSPS) is 12.8. The highest BCUT2D eigenvalue weighted by Crippen LogP contribution is 2.24. The van der Waals surface area contributed by atoms with Gasteiger partial charge in [0.15, 0.2) is 0 Å². The van der Waals surface area contributed by atoms with Crippen LogP contribution in [0.5, 0.6) is 5.75 Å². The Bertz CT molecular complexity index is 364. The van der Waals surface area contributed by atoms with Gasteiger partial charge in [-0.15, -0.1) is 0 Å². The van der Waals surface area contributed by atoms with Crippen LogP contribution in [0.4, 0.5) is 0 Å². The van der Waals surface area contributed by atoms with E-state index in [4.69, 9.17) is 10.5 Å². The van der Waals surface area contributed by atoms with Gasteiger partial charge < -0.3 is 10.5 Å². The number of hydrogen-bond donors (Lipinski definition) is 1. The second kappa shape index (κ2) is 7.39. The Morgan fingerprint density at radius 1 is 1.33 bits per heavy atom. The fraction of sp³-hybridized carbons (Fsp3) is 0.600. The molecule has 0 saturated carbocycles. The van der Waals surface area contributed by atoms with E-state index in [1.807, 2.05) is 19.1 Å². The van der Waals surface area contributed by atoms with Crippen LogP contribution in [-0.2, 0) is 6.54 Å². The van der Waals surface area contributed by atoms with E-state index in [-0.39, 0.29) is 6.04 Å². The fourth-order valence-electron chi connectivity index (χ4n) is 2.11. The lowest BCUT2D eigenvalue weighted by atomic mass is 10.0. The molecular formula is C15H26N2O. The second-order valence-corrected chi connectivity index (χ2v) is 4.73. The number of rotatable bonds is 7. The highest BCUT2D eigenvalue weighted by atomic mass is 16.5. The molecule has 102 valence electrons. The van der Waals surface area contributed by atoms with Gasteiger partial charge >= 0.3 is 0 Å². The van der Waals surface area contributed by atoms with Gasteiger partial charge in [-0.25, -0.2) is 0 Å². The summed E-state index contributed by atoms with van der Waals surface area (Å²) in [6.07, 6.45) is 1.17. The summed E-state index contributed by atoms with van der Waals surface area (Å²) in [7, 11) is 1.72. The van der Waals surface area contributed by atoms with Gasteiger partial charge in [-0.05, 0) is 44.1 Å². The molecule has 0 aliphatic heterocycles. The Hall–Kier alpha value is -1.06. The van der Waals surface area contributed by atoms with Crippen molar-refractivity contribution in [2.75, 3.05) is 20.2 Å². The maximum atomic E-state index is 5.94. The molecule has 2 N–H and O–H groups in total. The molecule has 1 rings (SSSR count). The molecule has 0 aliphatic carbocycles. The van der Waals surface area contributed by atoms with E-state index in [0.29, 0.717) is 0 Å². The summed E-state index contributed by atoms with van der Waals surface area (Å²) in [6.45, 7) is 9.50. The van der Waals surface area contributed by atoms with Crippen LogP contribution in [0.3, 0.4) is 0 Å². The number of methoxy groups -OCH3 is 1. The number of hydrogen-bond acceptors (Lipinski definition) is 3. The molecule has 18 heavy (non-hydrogen) atoms. The predicted molar refractivity (Wildman–Crippen MR) is 76.8 cm³/mol. The van der Waals surface area contributed by atoms with Gasteiger partial charge in [0, 0.05) is 18.2 Å². The summed E-state index contributed by atoms with van der Waals surface area (Å²) < 4.78 is 5.44. The topological polar surface area (TPSA) is 38.5 Å². The van der Waals surface area contributed by atoms with Gasteiger partial charge in [0.1, 0.15) is 5.75 Å². The maximum Gasteiger partial charge on any atom is 0.123 e. The van der Waals surface area contributed by atoms with Crippen LogP contribution < -0.4 is 10.5 Å². The first-order valence-electron chi connectivity index (χ1n) is 6.77. The van der Waals surface area contributed by atoms with Crippen LogP contribution in [0.2, 0.25) is 0 Å². The summed E-state index contributed by atoms with van der Waals surface area (Å²) in [5.41, 5.74) is 8.33. The largest absolute Gasteiger partial charge is 0.496 e. The van der Waals surface area contributed by atoms with Crippen molar-refractivity contribution in [1.29, 1.82) is 0 Å². The third-order valence-electron chi connectivity index (χ3n) is 3.21. The van der Waals surface area contributed by atoms with Crippen molar-refractivity contribution in [3.8, 4) is 5.75 Å². The average Bonchev–Trinajstić information content (AvgIpc) is 2.37. The SMILES string of the molecule is CCCN(CC)Cc1cc(C(C)N)ccc1OC. The van der Waals surface area contributed by atoms with Crippen molar-refractivity contribution in [1.82, 2.24) is 4.90 Å². The highest BCUT2D eigenvalue weighted by molar-refractivity contribution is 5.38. The molecule has 1 aromatic rings. The van der Waals surface area contributed by atoms with Crippen LogP contribution in [0.1, 0.15) is 44.4 Å². The van der Waals surface area contributed by atoms with Gasteiger partial charge in [-0.1, -0.05) is 19.9 Å². The molecule has 0 amide bonds. The molecule has 0 bridgehead atoms. The van der Waals surface area contributed by atoms with Crippen LogP contribution in [0, 0.1) is 0 Å². The van der Waals surface area contributed by atoms with Gasteiger partial charge in [0.05, 0.1) is 7.11 Å². The van der Waals surface area contributed by atoms with E-state index in [1.54, 1.807) is 7.11 Å². The first kappa shape index (κ1) is 15.0. The van der Waals surface area contributed by atoms with Crippen molar-refractivity contribution < 1.29 is 4.74 Å². The van der Waals surface area contributed by atoms with E-state index >= 15 is 0 Å². The zero-order valence-corrected chi connectivity index (χ0v) is 12.1. The van der Waals surface area contributed by atoms with Gasteiger partial charge in [-0.2, -0.15) is 0 Å². The molecule has 0 spiro atoms. The van der Waals surface area contributed by atoms with Crippen LogP contribution in [-0.4, -0.2) is 25.1 Å². The van der Waals surface area contributed by atoms with Crippen LogP contribution >= 0.6 is 0 Å². The molecule has 0 fully saturated rings. The Kier molecular flexibility index (Phi) is 6.16. The minimum atomic E-state index is 0.0657. The smallest absolute Gasteiger partial charge is 0.123 e. The molecule has 1 aromatic carbocycles. The first-order chi connectivity index (χ1) is 8.62. The lowest BCUT2D eigenvalue weighted by Crippen LogP contribution is -2.24. The van der Waals surface area contributed by atoms with E-state index < -0.39 is 0 Å². The van der Waals surface area contributed by atoms with E-state index in [1.165, 1.54) is 17.5 Å². The number of nitrogens with zero attached hydrogens (tertiary/aromatic N) is 1. The summed E-state index contributed by atoms with van der Waals surface area (Å²) in [6, 6.07) is 6.30. The van der Waals surface area contributed by atoms with Crippen molar-refractivity contribution in [3.63, 3.8) is 0 Å². The second-order valence-electron chi connectivity index (χ2n) is 4.73. The molecule has 1 unspecified atom stereocenters. The number of benzene rings is 1. The molecule has 0 radical (unpaired) electrons. The Labute approximate surface area is 111 Å². The molecule has 3 heteroatoms. The average molecular weight is 250 g/mol. The molecule has 0 aliphatic rings. The van der Waals surface area contributed by atoms with E-state index in [0.717, 1.165) is 25.4 Å². The predicted octanol–water partition coefficient (Wildman–Crippen LogP) is 2.95.